The maximum absolute atomic E-state index is 11.6. The Hall–Kier alpha value is -2.12. The first-order valence-electron chi connectivity index (χ1n) is 6.29. The van der Waals surface area contributed by atoms with Crippen LogP contribution in [0.2, 0.25) is 5.02 Å². The number of aromatic nitrogens is 3. The fraction of sp³-hybridized carbons (Fsp3) is 0.143. The maximum atomic E-state index is 11.6. The lowest BCUT2D eigenvalue weighted by atomic mass is 10.3. The highest BCUT2D eigenvalue weighted by Crippen LogP contribution is 2.27. The number of pyridine rings is 1. The van der Waals surface area contributed by atoms with E-state index in [-0.39, 0.29) is 5.03 Å². The van der Waals surface area contributed by atoms with Crippen LogP contribution >= 0.6 is 11.6 Å². The van der Waals surface area contributed by atoms with E-state index in [1.165, 1.54) is 6.07 Å². The van der Waals surface area contributed by atoms with E-state index in [4.69, 9.17) is 16.3 Å². The number of nitrogens with zero attached hydrogens (tertiary/aromatic N) is 3. The molecule has 0 saturated heterocycles. The van der Waals surface area contributed by atoms with Crippen LogP contribution in [0.3, 0.4) is 0 Å². The summed E-state index contributed by atoms with van der Waals surface area (Å²) < 4.78 is 30.0. The molecule has 0 unspecified atom stereocenters. The van der Waals surface area contributed by atoms with Gasteiger partial charge in [0.15, 0.2) is 20.5 Å². The van der Waals surface area contributed by atoms with Crippen molar-refractivity contribution in [1.82, 2.24) is 14.8 Å². The van der Waals surface area contributed by atoms with Crippen LogP contribution in [-0.2, 0) is 9.84 Å². The van der Waals surface area contributed by atoms with Crippen molar-refractivity contribution in [3.8, 4) is 11.4 Å². The number of sulfone groups is 1. The molecule has 0 amide bonds. The minimum atomic E-state index is -3.37. The summed E-state index contributed by atoms with van der Waals surface area (Å²) in [6.45, 7) is 0. The van der Waals surface area contributed by atoms with Gasteiger partial charge in [0.25, 0.3) is 0 Å². The Morgan fingerprint density at radius 2 is 2.00 bits per heavy atom. The molecule has 0 N–H and O–H groups in total. The van der Waals surface area contributed by atoms with Crippen LogP contribution in [0, 0.1) is 0 Å². The zero-order valence-electron chi connectivity index (χ0n) is 11.8. The van der Waals surface area contributed by atoms with Gasteiger partial charge in [0.2, 0.25) is 0 Å². The Bertz CT molecular complexity index is 967. The van der Waals surface area contributed by atoms with Crippen molar-refractivity contribution >= 4 is 32.5 Å². The zero-order valence-corrected chi connectivity index (χ0v) is 13.4. The molecule has 3 aromatic rings. The van der Waals surface area contributed by atoms with Gasteiger partial charge in [-0.05, 0) is 24.3 Å². The highest BCUT2D eigenvalue weighted by Gasteiger charge is 2.13. The van der Waals surface area contributed by atoms with Crippen LogP contribution in [0.4, 0.5) is 0 Å². The van der Waals surface area contributed by atoms with Gasteiger partial charge in [-0.25, -0.2) is 18.1 Å². The number of rotatable bonds is 3. The first-order chi connectivity index (χ1) is 10.4. The van der Waals surface area contributed by atoms with Crippen molar-refractivity contribution in [3.63, 3.8) is 0 Å². The van der Waals surface area contributed by atoms with Crippen molar-refractivity contribution in [3.05, 3.63) is 41.6 Å². The molecule has 0 saturated carbocycles. The molecule has 2 heterocycles. The summed E-state index contributed by atoms with van der Waals surface area (Å²) in [5.74, 6) is 0.559. The van der Waals surface area contributed by atoms with E-state index in [1.54, 1.807) is 42.3 Å². The van der Waals surface area contributed by atoms with Gasteiger partial charge in [0.05, 0.1) is 7.11 Å². The van der Waals surface area contributed by atoms with Crippen LogP contribution in [0.15, 0.2) is 41.6 Å². The molecular formula is C14H12ClN3O3S. The molecule has 0 aliphatic heterocycles. The fourth-order valence-electron chi connectivity index (χ4n) is 2.06. The van der Waals surface area contributed by atoms with Gasteiger partial charge in [-0.15, -0.1) is 5.10 Å². The second-order valence-electron chi connectivity index (χ2n) is 4.72. The van der Waals surface area contributed by atoms with Crippen LogP contribution < -0.4 is 4.74 Å². The molecule has 0 bridgehead atoms. The lowest BCUT2D eigenvalue weighted by Crippen LogP contribution is -2.01. The summed E-state index contributed by atoms with van der Waals surface area (Å²) in [6.07, 6.45) is 2.86. The average Bonchev–Trinajstić information content (AvgIpc) is 2.88. The van der Waals surface area contributed by atoms with Gasteiger partial charge >= 0.3 is 0 Å². The summed E-state index contributed by atoms with van der Waals surface area (Å²) in [5.41, 5.74) is 1.03. The molecule has 3 rings (SSSR count). The van der Waals surface area contributed by atoms with E-state index in [2.05, 4.69) is 10.1 Å². The SMILES string of the molecule is COc1cc(Cl)ccc1-n1cc2ccc(S(C)(=O)=O)nc2n1. The molecular weight excluding hydrogens is 326 g/mol. The highest BCUT2D eigenvalue weighted by atomic mass is 35.5. The standard InChI is InChI=1S/C14H12ClN3O3S/c1-21-12-7-10(15)4-5-11(12)18-8-9-3-6-13(22(2,19)20)16-14(9)17-18/h3-8H,1-2H3. The lowest BCUT2D eigenvalue weighted by molar-refractivity contribution is 0.412. The summed E-state index contributed by atoms with van der Waals surface area (Å²) in [4.78, 5) is 4.08. The molecule has 6 nitrogen and oxygen atoms in total. The molecule has 22 heavy (non-hydrogen) atoms. The van der Waals surface area contributed by atoms with E-state index in [0.717, 1.165) is 11.6 Å². The predicted octanol–water partition coefficient (Wildman–Crippen LogP) is 2.49. The highest BCUT2D eigenvalue weighted by molar-refractivity contribution is 7.90. The van der Waals surface area contributed by atoms with E-state index in [1.807, 2.05) is 0 Å². The second-order valence-corrected chi connectivity index (χ2v) is 7.12. The number of ether oxygens (including phenoxy) is 1. The van der Waals surface area contributed by atoms with Gasteiger partial charge in [0, 0.05) is 28.9 Å². The first-order valence-corrected chi connectivity index (χ1v) is 8.56. The van der Waals surface area contributed by atoms with Crippen molar-refractivity contribution in [2.75, 3.05) is 13.4 Å². The topological polar surface area (TPSA) is 74.1 Å². The van der Waals surface area contributed by atoms with Crippen LogP contribution in [0.1, 0.15) is 0 Å². The molecule has 0 aliphatic rings. The van der Waals surface area contributed by atoms with E-state index < -0.39 is 9.84 Å². The average molecular weight is 338 g/mol. The normalized spacial score (nSPS) is 11.8. The summed E-state index contributed by atoms with van der Waals surface area (Å²) in [5, 5.41) is 5.58. The summed E-state index contributed by atoms with van der Waals surface area (Å²) in [7, 11) is -1.83. The Balaban J connectivity index is 2.17. The molecule has 2 aromatic heterocycles. The smallest absolute Gasteiger partial charge is 0.192 e. The first kappa shape index (κ1) is 14.8. The molecule has 0 fully saturated rings. The minimum Gasteiger partial charge on any atom is -0.494 e. The number of hydrogen-bond acceptors (Lipinski definition) is 5. The fourth-order valence-corrected chi connectivity index (χ4v) is 2.79. The van der Waals surface area contributed by atoms with Crippen LogP contribution in [0.25, 0.3) is 16.7 Å². The lowest BCUT2D eigenvalue weighted by Gasteiger charge is -2.08. The quantitative estimate of drug-likeness (QED) is 0.734. The van der Waals surface area contributed by atoms with Crippen LogP contribution in [0.5, 0.6) is 5.75 Å². The van der Waals surface area contributed by atoms with E-state index in [9.17, 15) is 8.42 Å². The monoisotopic (exact) mass is 337 g/mol. The largest absolute Gasteiger partial charge is 0.494 e. The van der Waals surface area contributed by atoms with Crippen molar-refractivity contribution in [1.29, 1.82) is 0 Å². The molecule has 1 aromatic carbocycles. The molecule has 0 spiro atoms. The molecule has 0 atom stereocenters. The van der Waals surface area contributed by atoms with Gasteiger partial charge in [-0.3, -0.25) is 0 Å². The summed E-state index contributed by atoms with van der Waals surface area (Å²) in [6, 6.07) is 8.30. The van der Waals surface area contributed by atoms with Gasteiger partial charge < -0.3 is 4.74 Å². The van der Waals surface area contributed by atoms with Gasteiger partial charge in [-0.1, -0.05) is 11.6 Å². The molecule has 8 heteroatoms. The third-order valence-corrected chi connectivity index (χ3v) is 4.33. The predicted molar refractivity (Wildman–Crippen MR) is 83.5 cm³/mol. The Kier molecular flexibility index (Phi) is 3.54. The molecule has 0 aliphatic carbocycles. The minimum absolute atomic E-state index is 0.00618. The van der Waals surface area contributed by atoms with Crippen molar-refractivity contribution < 1.29 is 13.2 Å². The maximum Gasteiger partial charge on any atom is 0.192 e. The number of fused-ring (bicyclic) bond motifs is 1. The van der Waals surface area contributed by atoms with Gasteiger partial charge in [0.1, 0.15) is 11.4 Å². The molecule has 114 valence electrons. The van der Waals surface area contributed by atoms with Crippen LogP contribution in [-0.4, -0.2) is 36.5 Å². The number of benzene rings is 1. The third-order valence-electron chi connectivity index (χ3n) is 3.11. The van der Waals surface area contributed by atoms with Crippen molar-refractivity contribution in [2.45, 2.75) is 5.03 Å². The van der Waals surface area contributed by atoms with Gasteiger partial charge in [-0.2, -0.15) is 0 Å². The Morgan fingerprint density at radius 1 is 1.23 bits per heavy atom. The third kappa shape index (κ3) is 2.65. The number of hydrogen-bond donors (Lipinski definition) is 0. The van der Waals surface area contributed by atoms with E-state index >= 15 is 0 Å². The number of methoxy groups -OCH3 is 1. The second kappa shape index (κ2) is 5.26. The zero-order chi connectivity index (χ0) is 15.9. The summed E-state index contributed by atoms with van der Waals surface area (Å²) >= 11 is 5.94. The molecule has 0 radical (unpaired) electrons. The van der Waals surface area contributed by atoms with E-state index in [0.29, 0.717) is 22.1 Å². The Labute approximate surface area is 132 Å². The Morgan fingerprint density at radius 3 is 2.68 bits per heavy atom. The van der Waals surface area contributed by atoms with Crippen molar-refractivity contribution in [2.24, 2.45) is 0 Å². The number of halogens is 1.